The second kappa shape index (κ2) is 6.87. The van der Waals surface area contributed by atoms with Gasteiger partial charge in [-0.3, -0.25) is 0 Å². The van der Waals surface area contributed by atoms with Gasteiger partial charge < -0.3 is 5.32 Å². The fourth-order valence-electron chi connectivity index (χ4n) is 2.25. The van der Waals surface area contributed by atoms with Gasteiger partial charge in [-0.05, 0) is 43.1 Å². The van der Waals surface area contributed by atoms with Crippen LogP contribution in [0.2, 0.25) is 5.02 Å². The second-order valence-corrected chi connectivity index (χ2v) is 5.34. The first-order valence-electron chi connectivity index (χ1n) is 6.87. The Morgan fingerprint density at radius 3 is 2.55 bits per heavy atom. The standard InChI is InChI=1S/C17H19ClFN/c1-3-10-20-17(14-6-4-5-7-16(14)19)13-9-8-12(2)11-15(13)18/h4-9,11,17,20H,3,10H2,1-2H3. The van der Waals surface area contributed by atoms with Crippen LogP contribution in [0.5, 0.6) is 0 Å². The van der Waals surface area contributed by atoms with Crippen LogP contribution in [0.25, 0.3) is 0 Å². The highest BCUT2D eigenvalue weighted by Gasteiger charge is 2.19. The lowest BCUT2D eigenvalue weighted by atomic mass is 9.97. The van der Waals surface area contributed by atoms with Gasteiger partial charge in [0.05, 0.1) is 6.04 Å². The van der Waals surface area contributed by atoms with Gasteiger partial charge in [-0.15, -0.1) is 0 Å². The SMILES string of the molecule is CCCNC(c1ccccc1F)c1ccc(C)cc1Cl. The van der Waals surface area contributed by atoms with Gasteiger partial charge in [-0.2, -0.15) is 0 Å². The Kier molecular flexibility index (Phi) is 5.16. The van der Waals surface area contributed by atoms with Gasteiger partial charge in [0.2, 0.25) is 0 Å². The third-order valence-electron chi connectivity index (χ3n) is 3.28. The van der Waals surface area contributed by atoms with Crippen molar-refractivity contribution in [3.8, 4) is 0 Å². The molecule has 1 unspecified atom stereocenters. The lowest BCUT2D eigenvalue weighted by molar-refractivity contribution is 0.547. The van der Waals surface area contributed by atoms with E-state index in [9.17, 15) is 4.39 Å². The summed E-state index contributed by atoms with van der Waals surface area (Å²) < 4.78 is 14.1. The molecule has 0 aliphatic rings. The normalized spacial score (nSPS) is 12.4. The summed E-state index contributed by atoms with van der Waals surface area (Å²) in [6.07, 6.45) is 0.981. The van der Waals surface area contributed by atoms with Crippen LogP contribution in [0, 0.1) is 12.7 Å². The number of benzene rings is 2. The molecule has 20 heavy (non-hydrogen) atoms. The molecule has 1 N–H and O–H groups in total. The van der Waals surface area contributed by atoms with Crippen molar-refractivity contribution in [2.45, 2.75) is 26.3 Å². The van der Waals surface area contributed by atoms with Crippen LogP contribution in [0.3, 0.4) is 0 Å². The minimum Gasteiger partial charge on any atom is -0.306 e. The smallest absolute Gasteiger partial charge is 0.128 e. The molecule has 106 valence electrons. The van der Waals surface area contributed by atoms with E-state index in [2.05, 4.69) is 12.2 Å². The molecule has 0 fully saturated rings. The van der Waals surface area contributed by atoms with Crippen LogP contribution in [-0.2, 0) is 0 Å². The van der Waals surface area contributed by atoms with Gasteiger partial charge in [0, 0.05) is 10.6 Å². The topological polar surface area (TPSA) is 12.0 Å². The van der Waals surface area contributed by atoms with E-state index in [4.69, 9.17) is 11.6 Å². The highest BCUT2D eigenvalue weighted by atomic mass is 35.5. The maximum absolute atomic E-state index is 14.1. The molecule has 3 heteroatoms. The number of halogens is 2. The van der Waals surface area contributed by atoms with E-state index >= 15 is 0 Å². The Labute approximate surface area is 124 Å². The highest BCUT2D eigenvalue weighted by Crippen LogP contribution is 2.30. The molecule has 2 aromatic rings. The van der Waals surface area contributed by atoms with Gasteiger partial charge in [-0.1, -0.05) is 48.9 Å². The largest absolute Gasteiger partial charge is 0.306 e. The molecule has 2 aromatic carbocycles. The molecule has 0 aliphatic carbocycles. The van der Waals surface area contributed by atoms with Gasteiger partial charge >= 0.3 is 0 Å². The van der Waals surface area contributed by atoms with Crippen molar-refractivity contribution in [3.05, 3.63) is 70.0 Å². The number of rotatable bonds is 5. The molecule has 0 spiro atoms. The summed E-state index contributed by atoms with van der Waals surface area (Å²) in [7, 11) is 0. The molecular formula is C17H19ClFN. The quantitative estimate of drug-likeness (QED) is 0.828. The maximum Gasteiger partial charge on any atom is 0.128 e. The lowest BCUT2D eigenvalue weighted by Gasteiger charge is -2.21. The molecular weight excluding hydrogens is 273 g/mol. The van der Waals surface area contributed by atoms with E-state index in [0.717, 1.165) is 24.1 Å². The number of hydrogen-bond donors (Lipinski definition) is 1. The Balaban J connectivity index is 2.44. The lowest BCUT2D eigenvalue weighted by Crippen LogP contribution is -2.24. The van der Waals surface area contributed by atoms with Crippen LogP contribution >= 0.6 is 11.6 Å². The van der Waals surface area contributed by atoms with E-state index in [-0.39, 0.29) is 11.9 Å². The molecule has 2 rings (SSSR count). The van der Waals surface area contributed by atoms with Crippen LogP contribution < -0.4 is 5.32 Å². The average Bonchev–Trinajstić information content (AvgIpc) is 2.42. The van der Waals surface area contributed by atoms with Crippen molar-refractivity contribution in [1.82, 2.24) is 5.32 Å². The van der Waals surface area contributed by atoms with Crippen molar-refractivity contribution in [2.24, 2.45) is 0 Å². The van der Waals surface area contributed by atoms with Crippen LogP contribution in [0.1, 0.15) is 36.1 Å². The van der Waals surface area contributed by atoms with Gasteiger partial charge in [-0.25, -0.2) is 4.39 Å². The summed E-state index contributed by atoms with van der Waals surface area (Å²) in [5.41, 5.74) is 2.64. The Morgan fingerprint density at radius 1 is 1.15 bits per heavy atom. The number of hydrogen-bond acceptors (Lipinski definition) is 1. The third-order valence-corrected chi connectivity index (χ3v) is 3.61. The summed E-state index contributed by atoms with van der Waals surface area (Å²) >= 11 is 6.34. The fraction of sp³-hybridized carbons (Fsp3) is 0.294. The summed E-state index contributed by atoms with van der Waals surface area (Å²) in [5.74, 6) is -0.210. The minimum atomic E-state index is -0.218. The Morgan fingerprint density at radius 2 is 1.90 bits per heavy atom. The summed E-state index contributed by atoms with van der Waals surface area (Å²) in [5, 5.41) is 4.05. The molecule has 0 saturated carbocycles. The zero-order chi connectivity index (χ0) is 14.5. The summed E-state index contributed by atoms with van der Waals surface area (Å²) in [6, 6.07) is 12.5. The molecule has 0 aromatic heterocycles. The summed E-state index contributed by atoms with van der Waals surface area (Å²) in [6.45, 7) is 4.89. The molecule has 0 heterocycles. The van der Waals surface area contributed by atoms with Crippen molar-refractivity contribution in [1.29, 1.82) is 0 Å². The molecule has 0 radical (unpaired) electrons. The van der Waals surface area contributed by atoms with Gasteiger partial charge in [0.25, 0.3) is 0 Å². The Bertz CT molecular complexity index is 583. The van der Waals surface area contributed by atoms with Crippen molar-refractivity contribution >= 4 is 11.6 Å². The van der Waals surface area contributed by atoms with E-state index in [1.807, 2.05) is 31.2 Å². The first kappa shape index (κ1) is 15.0. The fourth-order valence-corrected chi connectivity index (χ4v) is 2.60. The third kappa shape index (κ3) is 3.38. The number of aryl methyl sites for hydroxylation is 1. The minimum absolute atomic E-state index is 0.210. The van der Waals surface area contributed by atoms with Gasteiger partial charge in [0.1, 0.15) is 5.82 Å². The van der Waals surface area contributed by atoms with E-state index in [0.29, 0.717) is 10.6 Å². The predicted molar refractivity (Wildman–Crippen MR) is 82.7 cm³/mol. The van der Waals surface area contributed by atoms with Crippen molar-refractivity contribution in [2.75, 3.05) is 6.54 Å². The average molecular weight is 292 g/mol. The van der Waals surface area contributed by atoms with E-state index in [1.54, 1.807) is 12.1 Å². The highest BCUT2D eigenvalue weighted by molar-refractivity contribution is 6.31. The van der Waals surface area contributed by atoms with Crippen LogP contribution in [0.15, 0.2) is 42.5 Å². The number of nitrogens with one attached hydrogen (secondary N) is 1. The van der Waals surface area contributed by atoms with E-state index < -0.39 is 0 Å². The summed E-state index contributed by atoms with van der Waals surface area (Å²) in [4.78, 5) is 0. The molecule has 1 nitrogen and oxygen atoms in total. The monoisotopic (exact) mass is 291 g/mol. The zero-order valence-corrected chi connectivity index (χ0v) is 12.5. The first-order valence-corrected chi connectivity index (χ1v) is 7.25. The van der Waals surface area contributed by atoms with Crippen molar-refractivity contribution < 1.29 is 4.39 Å². The molecule has 0 amide bonds. The molecule has 0 saturated heterocycles. The zero-order valence-electron chi connectivity index (χ0n) is 11.8. The predicted octanol–water partition coefficient (Wildman–Crippen LogP) is 4.88. The second-order valence-electron chi connectivity index (χ2n) is 4.93. The van der Waals surface area contributed by atoms with Crippen molar-refractivity contribution in [3.63, 3.8) is 0 Å². The van der Waals surface area contributed by atoms with E-state index in [1.165, 1.54) is 6.07 Å². The maximum atomic E-state index is 14.1. The molecule has 1 atom stereocenters. The van der Waals surface area contributed by atoms with Gasteiger partial charge in [0.15, 0.2) is 0 Å². The Hall–Kier alpha value is -1.38. The van der Waals surface area contributed by atoms with Crippen LogP contribution in [-0.4, -0.2) is 6.54 Å². The first-order chi connectivity index (χ1) is 9.63. The molecule has 0 bridgehead atoms. The molecule has 0 aliphatic heterocycles. The van der Waals surface area contributed by atoms with Crippen LogP contribution in [0.4, 0.5) is 4.39 Å².